The summed E-state index contributed by atoms with van der Waals surface area (Å²) in [6, 6.07) is 12.6. The van der Waals surface area contributed by atoms with E-state index in [0.29, 0.717) is 15.6 Å². The summed E-state index contributed by atoms with van der Waals surface area (Å²) < 4.78 is 0.904. The molecular weight excluding hydrogens is 349 g/mol. The first-order valence-corrected chi connectivity index (χ1v) is 7.09. The molecule has 0 saturated carbocycles. The maximum Gasteiger partial charge on any atom is 0.228 e. The summed E-state index contributed by atoms with van der Waals surface area (Å²) in [6.07, 6.45) is 0.144. The Morgan fingerprint density at radius 3 is 2.37 bits per heavy atom. The van der Waals surface area contributed by atoms with Crippen molar-refractivity contribution in [1.82, 2.24) is 0 Å². The van der Waals surface area contributed by atoms with Crippen molar-refractivity contribution >= 4 is 50.7 Å². The van der Waals surface area contributed by atoms with Crippen LogP contribution in [0, 0.1) is 0 Å². The van der Waals surface area contributed by atoms with Crippen LogP contribution < -0.4 is 5.32 Å². The van der Waals surface area contributed by atoms with Crippen LogP contribution in [0.15, 0.2) is 46.9 Å². The molecule has 2 aromatic rings. The second kappa shape index (κ2) is 6.42. The van der Waals surface area contributed by atoms with Crippen LogP contribution in [0.25, 0.3) is 0 Å². The standard InChI is InChI=1S/C14H10BrCl2NO/c15-9-3-1-4-10(7-9)18-14(19)8-11-12(16)5-2-6-13(11)17/h1-7H,8H2,(H,18,19). The van der Waals surface area contributed by atoms with Crippen molar-refractivity contribution in [3.63, 3.8) is 0 Å². The summed E-state index contributed by atoms with van der Waals surface area (Å²) in [5, 5.41) is 3.79. The van der Waals surface area contributed by atoms with Gasteiger partial charge in [0.2, 0.25) is 5.91 Å². The Balaban J connectivity index is 2.10. The largest absolute Gasteiger partial charge is 0.326 e. The van der Waals surface area contributed by atoms with Crippen LogP contribution in [0.3, 0.4) is 0 Å². The van der Waals surface area contributed by atoms with Gasteiger partial charge in [-0.15, -0.1) is 0 Å². The van der Waals surface area contributed by atoms with Crippen molar-refractivity contribution < 1.29 is 4.79 Å². The van der Waals surface area contributed by atoms with Crippen LogP contribution >= 0.6 is 39.1 Å². The Morgan fingerprint density at radius 1 is 1.11 bits per heavy atom. The summed E-state index contributed by atoms with van der Waals surface area (Å²) in [5.41, 5.74) is 1.36. The second-order valence-electron chi connectivity index (χ2n) is 3.94. The minimum Gasteiger partial charge on any atom is -0.326 e. The van der Waals surface area contributed by atoms with Gasteiger partial charge in [0, 0.05) is 20.2 Å². The van der Waals surface area contributed by atoms with Gasteiger partial charge < -0.3 is 5.32 Å². The number of anilines is 1. The van der Waals surface area contributed by atoms with Crippen molar-refractivity contribution in [3.05, 3.63) is 62.5 Å². The van der Waals surface area contributed by atoms with Gasteiger partial charge in [0.15, 0.2) is 0 Å². The van der Waals surface area contributed by atoms with E-state index in [1.165, 1.54) is 0 Å². The van der Waals surface area contributed by atoms with Gasteiger partial charge in [-0.05, 0) is 35.9 Å². The number of hydrogen-bond acceptors (Lipinski definition) is 1. The first kappa shape index (κ1) is 14.4. The molecule has 0 bridgehead atoms. The van der Waals surface area contributed by atoms with Gasteiger partial charge in [-0.1, -0.05) is 51.3 Å². The van der Waals surface area contributed by atoms with Crippen molar-refractivity contribution in [2.75, 3.05) is 5.32 Å². The minimum absolute atomic E-state index is 0.144. The molecule has 0 unspecified atom stereocenters. The molecular formula is C14H10BrCl2NO. The summed E-state index contributed by atoms with van der Waals surface area (Å²) >= 11 is 15.4. The maximum atomic E-state index is 12.0. The van der Waals surface area contributed by atoms with Gasteiger partial charge in [0.25, 0.3) is 0 Å². The zero-order valence-corrected chi connectivity index (χ0v) is 12.9. The van der Waals surface area contributed by atoms with E-state index in [0.717, 1.165) is 10.2 Å². The molecule has 1 amide bonds. The number of nitrogens with one attached hydrogen (secondary N) is 1. The molecule has 0 aliphatic carbocycles. The van der Waals surface area contributed by atoms with Crippen molar-refractivity contribution in [1.29, 1.82) is 0 Å². The minimum atomic E-state index is -0.159. The molecule has 1 N–H and O–H groups in total. The summed E-state index contributed by atoms with van der Waals surface area (Å²) in [7, 11) is 0. The molecule has 2 aromatic carbocycles. The molecule has 2 rings (SSSR count). The molecule has 19 heavy (non-hydrogen) atoms. The van der Waals surface area contributed by atoms with Gasteiger partial charge in [-0.3, -0.25) is 4.79 Å². The molecule has 0 saturated heterocycles. The Kier molecular flexibility index (Phi) is 4.86. The summed E-state index contributed by atoms with van der Waals surface area (Å²) in [5.74, 6) is -0.159. The number of rotatable bonds is 3. The lowest BCUT2D eigenvalue weighted by atomic mass is 10.1. The van der Waals surface area contributed by atoms with E-state index in [2.05, 4.69) is 21.2 Å². The Hall–Kier alpha value is -1.03. The molecule has 0 aliphatic rings. The van der Waals surface area contributed by atoms with Crippen molar-refractivity contribution in [3.8, 4) is 0 Å². The highest BCUT2D eigenvalue weighted by atomic mass is 79.9. The van der Waals surface area contributed by atoms with E-state index < -0.39 is 0 Å². The Morgan fingerprint density at radius 2 is 1.74 bits per heavy atom. The fourth-order valence-electron chi connectivity index (χ4n) is 1.63. The lowest BCUT2D eigenvalue weighted by molar-refractivity contribution is -0.115. The van der Waals surface area contributed by atoms with Crippen LogP contribution in [0.2, 0.25) is 10.0 Å². The maximum absolute atomic E-state index is 12.0. The fraction of sp³-hybridized carbons (Fsp3) is 0.0714. The molecule has 0 heterocycles. The monoisotopic (exact) mass is 357 g/mol. The number of hydrogen-bond donors (Lipinski definition) is 1. The van der Waals surface area contributed by atoms with Crippen LogP contribution in [-0.4, -0.2) is 5.91 Å². The second-order valence-corrected chi connectivity index (χ2v) is 5.67. The van der Waals surface area contributed by atoms with E-state index in [-0.39, 0.29) is 12.3 Å². The van der Waals surface area contributed by atoms with E-state index in [1.807, 2.05) is 24.3 Å². The van der Waals surface area contributed by atoms with E-state index in [1.54, 1.807) is 18.2 Å². The number of halogens is 3. The third kappa shape index (κ3) is 3.96. The van der Waals surface area contributed by atoms with Gasteiger partial charge in [-0.2, -0.15) is 0 Å². The normalized spacial score (nSPS) is 10.3. The molecule has 0 fully saturated rings. The van der Waals surface area contributed by atoms with Crippen molar-refractivity contribution in [2.24, 2.45) is 0 Å². The summed E-state index contributed by atoms with van der Waals surface area (Å²) in [4.78, 5) is 12.0. The van der Waals surface area contributed by atoms with Crippen LogP contribution in [-0.2, 0) is 11.2 Å². The average Bonchev–Trinajstić information content (AvgIpc) is 2.34. The van der Waals surface area contributed by atoms with Gasteiger partial charge in [0.1, 0.15) is 0 Å². The Bertz CT molecular complexity index is 596. The van der Waals surface area contributed by atoms with Crippen molar-refractivity contribution in [2.45, 2.75) is 6.42 Å². The fourth-order valence-corrected chi connectivity index (χ4v) is 2.56. The number of carbonyl (C=O) groups excluding carboxylic acids is 1. The zero-order chi connectivity index (χ0) is 13.8. The highest BCUT2D eigenvalue weighted by Crippen LogP contribution is 2.25. The summed E-state index contributed by atoms with van der Waals surface area (Å²) in [6.45, 7) is 0. The topological polar surface area (TPSA) is 29.1 Å². The van der Waals surface area contributed by atoms with Gasteiger partial charge in [-0.25, -0.2) is 0 Å². The van der Waals surface area contributed by atoms with E-state index in [9.17, 15) is 4.79 Å². The average molecular weight is 359 g/mol. The molecule has 0 aliphatic heterocycles. The lowest BCUT2D eigenvalue weighted by Gasteiger charge is -2.08. The third-order valence-corrected chi connectivity index (χ3v) is 3.71. The predicted octanol–water partition coefficient (Wildman–Crippen LogP) is 4.94. The smallest absolute Gasteiger partial charge is 0.228 e. The molecule has 0 aromatic heterocycles. The van der Waals surface area contributed by atoms with Gasteiger partial charge >= 0.3 is 0 Å². The molecule has 0 radical (unpaired) electrons. The number of benzene rings is 2. The first-order chi connectivity index (χ1) is 9.06. The molecule has 0 spiro atoms. The molecule has 2 nitrogen and oxygen atoms in total. The molecule has 5 heteroatoms. The van der Waals surface area contributed by atoms with E-state index in [4.69, 9.17) is 23.2 Å². The lowest BCUT2D eigenvalue weighted by Crippen LogP contribution is -2.14. The Labute approximate surface area is 129 Å². The van der Waals surface area contributed by atoms with Crippen LogP contribution in [0.5, 0.6) is 0 Å². The third-order valence-electron chi connectivity index (χ3n) is 2.51. The van der Waals surface area contributed by atoms with E-state index >= 15 is 0 Å². The number of amides is 1. The SMILES string of the molecule is O=C(Cc1c(Cl)cccc1Cl)Nc1cccc(Br)c1. The number of carbonyl (C=O) groups is 1. The first-order valence-electron chi connectivity index (χ1n) is 5.54. The predicted molar refractivity (Wildman–Crippen MR) is 82.9 cm³/mol. The quantitative estimate of drug-likeness (QED) is 0.827. The van der Waals surface area contributed by atoms with Gasteiger partial charge in [0.05, 0.1) is 6.42 Å². The molecule has 98 valence electrons. The highest BCUT2D eigenvalue weighted by Gasteiger charge is 2.11. The zero-order valence-electron chi connectivity index (χ0n) is 9.79. The molecule has 0 atom stereocenters. The van der Waals surface area contributed by atoms with Crippen LogP contribution in [0.1, 0.15) is 5.56 Å². The highest BCUT2D eigenvalue weighted by molar-refractivity contribution is 9.10. The van der Waals surface area contributed by atoms with Crippen LogP contribution in [0.4, 0.5) is 5.69 Å².